The van der Waals surface area contributed by atoms with Gasteiger partial charge in [-0.05, 0) is 57.0 Å². The number of hydrogen-bond donors (Lipinski definition) is 2. The highest BCUT2D eigenvalue weighted by atomic mass is 32.1. The molecular formula is C31H39N5O4S. The number of amides is 2. The summed E-state index contributed by atoms with van der Waals surface area (Å²) >= 11 is 1.60. The van der Waals surface area contributed by atoms with E-state index in [9.17, 15) is 9.59 Å². The Kier molecular flexibility index (Phi) is 10.8. The third-order valence-electron chi connectivity index (χ3n) is 6.32. The Hall–Kier alpha value is -4.02. The summed E-state index contributed by atoms with van der Waals surface area (Å²) in [5, 5.41) is 10.4. The number of carbonyl (C=O) groups excluding carboxylic acids is 2. The maximum atomic E-state index is 13.3. The van der Waals surface area contributed by atoms with Gasteiger partial charge in [0, 0.05) is 49.8 Å². The molecule has 218 valence electrons. The molecule has 3 heterocycles. The first-order chi connectivity index (χ1) is 19.6. The minimum Gasteiger partial charge on any atom is -0.444 e. The highest BCUT2D eigenvalue weighted by Gasteiger charge is 2.32. The molecular weight excluding hydrogens is 538 g/mol. The molecule has 9 nitrogen and oxygen atoms in total. The van der Waals surface area contributed by atoms with Gasteiger partial charge in [0.25, 0.3) is 5.91 Å². The van der Waals surface area contributed by atoms with Crippen LogP contribution in [0.3, 0.4) is 0 Å². The van der Waals surface area contributed by atoms with E-state index >= 15 is 0 Å². The summed E-state index contributed by atoms with van der Waals surface area (Å²) in [6, 6.07) is 9.56. The summed E-state index contributed by atoms with van der Waals surface area (Å²) in [6.07, 6.45) is 6.64. The van der Waals surface area contributed by atoms with E-state index in [1.54, 1.807) is 34.7 Å². The van der Waals surface area contributed by atoms with Crippen LogP contribution < -0.4 is 5.32 Å². The predicted molar refractivity (Wildman–Crippen MR) is 166 cm³/mol. The molecule has 41 heavy (non-hydrogen) atoms. The van der Waals surface area contributed by atoms with Crippen LogP contribution in [0.15, 0.2) is 73.6 Å². The standard InChI is InChI=1S/C30H35N5O3S.CH4O/c1-7-9-21(8-2)17-31-27-26-24(32-19-33-27)16-25(39-26)22-10-12-23(13-11-22)28(36)35-15-14-34(18-20(35)3)29(37)38-30(4,5)6;1-2/h7-13,16,19-20H,1-2,14-15,17-18H2,3-6H3,(H,31,32,33);2H,1H3/b21-9+;. The number of ether oxygens (including phenoxy) is 1. The number of aromatic nitrogens is 2. The van der Waals surface area contributed by atoms with Crippen LogP contribution in [-0.2, 0) is 4.74 Å². The Balaban J connectivity index is 0.00000226. The first-order valence-electron chi connectivity index (χ1n) is 13.4. The van der Waals surface area contributed by atoms with Crippen molar-refractivity contribution < 1.29 is 19.4 Å². The molecule has 4 rings (SSSR count). The van der Waals surface area contributed by atoms with Crippen molar-refractivity contribution >= 4 is 39.4 Å². The van der Waals surface area contributed by atoms with E-state index in [-0.39, 0.29) is 18.0 Å². The molecule has 0 bridgehead atoms. The molecule has 1 fully saturated rings. The van der Waals surface area contributed by atoms with Crippen LogP contribution in [0.4, 0.5) is 10.6 Å². The molecule has 0 aliphatic carbocycles. The smallest absolute Gasteiger partial charge is 0.410 e. The van der Waals surface area contributed by atoms with Crippen LogP contribution in [0.1, 0.15) is 38.1 Å². The van der Waals surface area contributed by atoms with Crippen molar-refractivity contribution in [3.8, 4) is 10.4 Å². The molecule has 0 saturated carbocycles. The highest BCUT2D eigenvalue weighted by molar-refractivity contribution is 7.22. The number of benzene rings is 1. The van der Waals surface area contributed by atoms with Gasteiger partial charge >= 0.3 is 6.09 Å². The molecule has 1 unspecified atom stereocenters. The second-order valence-corrected chi connectivity index (χ2v) is 11.5. The second kappa shape index (κ2) is 14.0. The number of carbonyl (C=O) groups is 2. The SMILES string of the molecule is C=C/C=C(\C=C)CNc1ncnc2cc(-c3ccc(C(=O)N4CCN(C(=O)OC(C)(C)C)CC4C)cc3)sc12.CO. The van der Waals surface area contributed by atoms with Crippen LogP contribution in [0, 0.1) is 0 Å². The number of thiophene rings is 1. The predicted octanol–water partition coefficient (Wildman–Crippen LogP) is 5.76. The number of rotatable bonds is 7. The van der Waals surface area contributed by atoms with Crippen LogP contribution in [-0.4, -0.2) is 81.8 Å². The quantitative estimate of drug-likeness (QED) is 0.344. The molecule has 10 heteroatoms. The van der Waals surface area contributed by atoms with E-state index in [2.05, 4.69) is 28.4 Å². The molecule has 2 aromatic heterocycles. The van der Waals surface area contributed by atoms with Gasteiger partial charge in [-0.15, -0.1) is 11.3 Å². The number of fused-ring (bicyclic) bond motifs is 1. The van der Waals surface area contributed by atoms with E-state index in [0.29, 0.717) is 31.7 Å². The van der Waals surface area contributed by atoms with Crippen LogP contribution in [0.5, 0.6) is 0 Å². The Morgan fingerprint density at radius 2 is 1.88 bits per heavy atom. The zero-order valence-electron chi connectivity index (χ0n) is 24.4. The average Bonchev–Trinajstić information content (AvgIpc) is 3.40. The molecule has 2 amide bonds. The van der Waals surface area contributed by atoms with Crippen molar-refractivity contribution in [2.45, 2.75) is 39.3 Å². The summed E-state index contributed by atoms with van der Waals surface area (Å²) in [5.74, 6) is 0.719. The lowest BCUT2D eigenvalue weighted by molar-refractivity contribution is 0.00617. The van der Waals surface area contributed by atoms with Gasteiger partial charge in [-0.1, -0.05) is 43.5 Å². The number of anilines is 1. The molecule has 3 aromatic rings. The van der Waals surface area contributed by atoms with Crippen molar-refractivity contribution in [1.29, 1.82) is 0 Å². The minimum absolute atomic E-state index is 0.0443. The van der Waals surface area contributed by atoms with Crippen LogP contribution in [0.2, 0.25) is 0 Å². The number of aliphatic hydroxyl groups excluding tert-OH is 1. The Bertz CT molecular complexity index is 1410. The summed E-state index contributed by atoms with van der Waals surface area (Å²) in [7, 11) is 1.00. The molecule has 1 atom stereocenters. The lowest BCUT2D eigenvalue weighted by Gasteiger charge is -2.40. The molecule has 1 saturated heterocycles. The molecule has 2 N–H and O–H groups in total. The third-order valence-corrected chi connectivity index (χ3v) is 7.50. The fourth-order valence-corrected chi connectivity index (χ4v) is 5.44. The van der Waals surface area contributed by atoms with Crippen LogP contribution >= 0.6 is 11.3 Å². The van der Waals surface area contributed by atoms with Crippen molar-refractivity contribution in [3.63, 3.8) is 0 Å². The minimum atomic E-state index is -0.550. The lowest BCUT2D eigenvalue weighted by atomic mass is 10.1. The molecule has 0 spiro atoms. The molecule has 1 aliphatic heterocycles. The number of allylic oxidation sites excluding steroid dienone is 2. The van der Waals surface area contributed by atoms with Crippen molar-refractivity contribution in [1.82, 2.24) is 19.8 Å². The maximum absolute atomic E-state index is 13.3. The van der Waals surface area contributed by atoms with Gasteiger partial charge in [-0.3, -0.25) is 4.79 Å². The van der Waals surface area contributed by atoms with Gasteiger partial charge in [0.15, 0.2) is 0 Å². The average molecular weight is 578 g/mol. The van der Waals surface area contributed by atoms with Gasteiger partial charge in [0.1, 0.15) is 17.7 Å². The second-order valence-electron chi connectivity index (χ2n) is 10.4. The number of nitrogens with one attached hydrogen (secondary N) is 1. The molecule has 0 radical (unpaired) electrons. The van der Waals surface area contributed by atoms with Gasteiger partial charge in [-0.25, -0.2) is 14.8 Å². The lowest BCUT2D eigenvalue weighted by Crippen LogP contribution is -2.56. The number of hydrogen-bond acceptors (Lipinski definition) is 8. The van der Waals surface area contributed by atoms with Gasteiger partial charge in [0.2, 0.25) is 0 Å². The number of nitrogens with zero attached hydrogens (tertiary/aromatic N) is 4. The van der Waals surface area contributed by atoms with E-state index in [0.717, 1.165) is 39.2 Å². The molecule has 1 aliphatic rings. The van der Waals surface area contributed by atoms with Crippen molar-refractivity contribution in [3.05, 3.63) is 79.2 Å². The highest BCUT2D eigenvalue weighted by Crippen LogP contribution is 2.36. The summed E-state index contributed by atoms with van der Waals surface area (Å²) in [5.41, 5.74) is 2.94. The zero-order chi connectivity index (χ0) is 30.2. The number of aliphatic hydroxyl groups is 1. The topological polar surface area (TPSA) is 108 Å². The van der Waals surface area contributed by atoms with Gasteiger partial charge in [0.05, 0.1) is 10.2 Å². The van der Waals surface area contributed by atoms with E-state index < -0.39 is 5.60 Å². The van der Waals surface area contributed by atoms with E-state index in [1.807, 2.05) is 69.0 Å². The zero-order valence-corrected chi connectivity index (χ0v) is 25.2. The summed E-state index contributed by atoms with van der Waals surface area (Å²) in [4.78, 5) is 39.1. The van der Waals surface area contributed by atoms with Gasteiger partial charge < -0.3 is 25.0 Å². The Morgan fingerprint density at radius 1 is 1.17 bits per heavy atom. The van der Waals surface area contributed by atoms with Gasteiger partial charge in [-0.2, -0.15) is 0 Å². The van der Waals surface area contributed by atoms with Crippen molar-refractivity contribution in [2.75, 3.05) is 38.6 Å². The first kappa shape index (κ1) is 31.5. The summed E-state index contributed by atoms with van der Waals surface area (Å²) < 4.78 is 6.46. The van der Waals surface area contributed by atoms with Crippen molar-refractivity contribution in [2.24, 2.45) is 0 Å². The largest absolute Gasteiger partial charge is 0.444 e. The molecule has 1 aromatic carbocycles. The number of piperazine rings is 1. The van der Waals surface area contributed by atoms with Crippen LogP contribution in [0.25, 0.3) is 20.7 Å². The third kappa shape index (κ3) is 8.02. The Morgan fingerprint density at radius 3 is 2.49 bits per heavy atom. The maximum Gasteiger partial charge on any atom is 0.410 e. The first-order valence-corrected chi connectivity index (χ1v) is 14.2. The normalized spacial score (nSPS) is 15.6. The summed E-state index contributed by atoms with van der Waals surface area (Å²) in [6.45, 7) is 17.0. The van der Waals surface area contributed by atoms with E-state index in [1.165, 1.54) is 0 Å². The fraction of sp³-hybridized carbons (Fsp3) is 0.355. The Labute approximate surface area is 245 Å². The fourth-order valence-electron chi connectivity index (χ4n) is 4.35. The van der Waals surface area contributed by atoms with E-state index in [4.69, 9.17) is 9.84 Å². The monoisotopic (exact) mass is 577 g/mol.